The van der Waals surface area contributed by atoms with Gasteiger partial charge >= 0.3 is 12.2 Å². The molecule has 2 rings (SSSR count). The van der Waals surface area contributed by atoms with Gasteiger partial charge in [-0.1, -0.05) is 6.07 Å². The van der Waals surface area contributed by atoms with Crippen molar-refractivity contribution < 1.29 is 27.2 Å². The van der Waals surface area contributed by atoms with Gasteiger partial charge in [-0.3, -0.25) is 9.69 Å². The number of nitrogens with one attached hydrogen (secondary N) is 1. The predicted molar refractivity (Wildman–Crippen MR) is 67.6 cm³/mol. The summed E-state index contributed by atoms with van der Waals surface area (Å²) < 4.78 is 51.8. The Labute approximate surface area is 125 Å². The van der Waals surface area contributed by atoms with Crippen LogP contribution in [0.3, 0.4) is 0 Å². The molecule has 1 atom stereocenters. The quantitative estimate of drug-likeness (QED) is 0.644. The third-order valence-electron chi connectivity index (χ3n) is 3.17. The highest BCUT2D eigenvalue weighted by atomic mass is 79.9. The number of imide groups is 1. The molecule has 1 aliphatic rings. The first kappa shape index (κ1) is 15.7. The summed E-state index contributed by atoms with van der Waals surface area (Å²) in [6, 6.07) is 2.52. The molecule has 114 valence electrons. The van der Waals surface area contributed by atoms with Crippen molar-refractivity contribution >= 4 is 27.9 Å². The van der Waals surface area contributed by atoms with Crippen molar-refractivity contribution in [3.63, 3.8) is 0 Å². The Hall–Kier alpha value is -1.64. The van der Waals surface area contributed by atoms with E-state index in [1.807, 2.05) is 0 Å². The molecule has 0 spiro atoms. The number of hydrogen-bond donors (Lipinski definition) is 1. The van der Waals surface area contributed by atoms with Crippen LogP contribution in [-0.2, 0) is 11.3 Å². The molecule has 3 amide bonds. The monoisotopic (exact) mass is 368 g/mol. The highest BCUT2D eigenvalue weighted by molar-refractivity contribution is 9.10. The Kier molecular flexibility index (Phi) is 3.73. The average molecular weight is 369 g/mol. The SMILES string of the molecule is CC1(C(F)(F)F)NC(=O)N(Cc2ccc(F)c(Br)c2)C1=O. The number of urea groups is 1. The van der Waals surface area contributed by atoms with Crippen molar-refractivity contribution in [1.29, 1.82) is 0 Å². The molecule has 1 aromatic carbocycles. The van der Waals surface area contributed by atoms with E-state index >= 15 is 0 Å². The Morgan fingerprint density at radius 3 is 2.43 bits per heavy atom. The number of amides is 3. The Morgan fingerprint density at radius 2 is 1.95 bits per heavy atom. The van der Waals surface area contributed by atoms with Crippen molar-refractivity contribution in [3.8, 4) is 0 Å². The number of hydrogen-bond acceptors (Lipinski definition) is 2. The maximum atomic E-state index is 13.1. The second kappa shape index (κ2) is 4.97. The number of alkyl halides is 3. The minimum absolute atomic E-state index is 0.0886. The molecule has 9 heteroatoms. The maximum Gasteiger partial charge on any atom is 0.420 e. The highest BCUT2D eigenvalue weighted by Crippen LogP contribution is 2.35. The minimum Gasteiger partial charge on any atom is -0.316 e. The van der Waals surface area contributed by atoms with Crippen LogP contribution in [0.5, 0.6) is 0 Å². The maximum absolute atomic E-state index is 13.1. The first-order valence-corrected chi connectivity index (χ1v) is 6.50. The van der Waals surface area contributed by atoms with Gasteiger partial charge in [0.05, 0.1) is 11.0 Å². The van der Waals surface area contributed by atoms with E-state index in [1.54, 1.807) is 5.32 Å². The minimum atomic E-state index is -4.90. The van der Waals surface area contributed by atoms with Crippen LogP contribution in [0, 0.1) is 5.82 Å². The van der Waals surface area contributed by atoms with Crippen LogP contribution < -0.4 is 5.32 Å². The van der Waals surface area contributed by atoms with Gasteiger partial charge in [-0.2, -0.15) is 13.2 Å². The number of halogens is 5. The van der Waals surface area contributed by atoms with Gasteiger partial charge in [0.25, 0.3) is 5.91 Å². The van der Waals surface area contributed by atoms with E-state index in [0.717, 1.165) is 6.07 Å². The summed E-state index contributed by atoms with van der Waals surface area (Å²) in [5, 5.41) is 1.64. The molecule has 0 aromatic heterocycles. The van der Waals surface area contributed by atoms with Gasteiger partial charge in [0.2, 0.25) is 5.54 Å². The van der Waals surface area contributed by atoms with Crippen molar-refractivity contribution in [2.45, 2.75) is 25.2 Å². The fourth-order valence-corrected chi connectivity index (χ4v) is 2.28. The lowest BCUT2D eigenvalue weighted by atomic mass is 10.0. The standard InChI is InChI=1S/C12H9BrF4N2O2/c1-11(12(15,16)17)9(20)19(10(21)18-11)5-6-2-3-8(14)7(13)4-6/h2-4H,5H2,1H3,(H,18,21). The Balaban J connectivity index is 2.27. The molecule has 1 N–H and O–H groups in total. The van der Waals surface area contributed by atoms with Crippen LogP contribution in [-0.4, -0.2) is 28.6 Å². The van der Waals surface area contributed by atoms with E-state index < -0.39 is 29.5 Å². The fraction of sp³-hybridized carbons (Fsp3) is 0.333. The number of carbonyl (C=O) groups excluding carboxylic acids is 2. The van der Waals surface area contributed by atoms with Crippen molar-refractivity contribution in [2.24, 2.45) is 0 Å². The zero-order valence-corrected chi connectivity index (χ0v) is 12.2. The van der Waals surface area contributed by atoms with E-state index in [2.05, 4.69) is 15.9 Å². The van der Waals surface area contributed by atoms with Crippen molar-refractivity contribution in [2.75, 3.05) is 0 Å². The molecule has 4 nitrogen and oxygen atoms in total. The molecular formula is C12H9BrF4N2O2. The van der Waals surface area contributed by atoms with Crippen LogP contribution >= 0.6 is 15.9 Å². The van der Waals surface area contributed by atoms with Crippen molar-refractivity contribution in [1.82, 2.24) is 10.2 Å². The second-order valence-corrected chi connectivity index (χ2v) is 5.55. The largest absolute Gasteiger partial charge is 0.420 e. The third kappa shape index (κ3) is 2.61. The first-order chi connectivity index (χ1) is 9.56. The molecule has 0 radical (unpaired) electrons. The lowest BCUT2D eigenvalue weighted by Gasteiger charge is -2.24. The molecular weight excluding hydrogens is 360 g/mol. The van der Waals surface area contributed by atoms with Gasteiger partial charge in [-0.25, -0.2) is 9.18 Å². The lowest BCUT2D eigenvalue weighted by molar-refractivity contribution is -0.191. The highest BCUT2D eigenvalue weighted by Gasteiger charge is 2.64. The zero-order valence-electron chi connectivity index (χ0n) is 10.6. The second-order valence-electron chi connectivity index (χ2n) is 4.69. The molecule has 0 bridgehead atoms. The predicted octanol–water partition coefficient (Wildman–Crippen LogP) is 2.96. The smallest absolute Gasteiger partial charge is 0.316 e. The molecule has 21 heavy (non-hydrogen) atoms. The summed E-state index contributed by atoms with van der Waals surface area (Å²) in [6.45, 7) is 0.225. The van der Waals surface area contributed by atoms with Gasteiger partial charge in [-0.15, -0.1) is 0 Å². The molecule has 1 saturated heterocycles. The fourth-order valence-electron chi connectivity index (χ4n) is 1.85. The average Bonchev–Trinajstić information content (AvgIpc) is 2.58. The van der Waals surface area contributed by atoms with Crippen LogP contribution in [0.25, 0.3) is 0 Å². The first-order valence-electron chi connectivity index (χ1n) is 5.71. The van der Waals surface area contributed by atoms with E-state index in [4.69, 9.17) is 0 Å². The van der Waals surface area contributed by atoms with E-state index in [1.165, 1.54) is 12.1 Å². The van der Waals surface area contributed by atoms with Gasteiger partial charge in [-0.05, 0) is 40.5 Å². The summed E-state index contributed by atoms with van der Waals surface area (Å²) in [5.74, 6) is -1.95. The Morgan fingerprint density at radius 1 is 1.33 bits per heavy atom. The molecule has 1 heterocycles. The number of nitrogens with zero attached hydrogens (tertiary/aromatic N) is 1. The topological polar surface area (TPSA) is 49.4 Å². The summed E-state index contributed by atoms with van der Waals surface area (Å²) >= 11 is 2.92. The van der Waals surface area contributed by atoms with Gasteiger partial charge in [0.15, 0.2) is 0 Å². The molecule has 1 aliphatic heterocycles. The van der Waals surface area contributed by atoms with Gasteiger partial charge in [0, 0.05) is 0 Å². The van der Waals surface area contributed by atoms with Crippen LogP contribution in [0.15, 0.2) is 22.7 Å². The lowest BCUT2D eigenvalue weighted by Crippen LogP contribution is -2.56. The van der Waals surface area contributed by atoms with E-state index in [9.17, 15) is 27.2 Å². The molecule has 1 unspecified atom stereocenters. The van der Waals surface area contributed by atoms with E-state index in [-0.39, 0.29) is 11.0 Å². The normalized spacial score (nSPS) is 22.7. The van der Waals surface area contributed by atoms with Gasteiger partial charge in [0.1, 0.15) is 5.82 Å². The molecule has 0 saturated carbocycles. The van der Waals surface area contributed by atoms with Crippen LogP contribution in [0.2, 0.25) is 0 Å². The van der Waals surface area contributed by atoms with Gasteiger partial charge < -0.3 is 5.32 Å². The molecule has 1 aromatic rings. The molecule has 1 fully saturated rings. The summed E-state index contributed by atoms with van der Waals surface area (Å²) in [6.07, 6.45) is -4.90. The Bertz CT molecular complexity index is 620. The zero-order chi connectivity index (χ0) is 16.0. The third-order valence-corrected chi connectivity index (χ3v) is 3.77. The van der Waals surface area contributed by atoms with Crippen LogP contribution in [0.1, 0.15) is 12.5 Å². The summed E-state index contributed by atoms with van der Waals surface area (Å²) in [7, 11) is 0. The number of carbonyl (C=O) groups is 2. The number of benzene rings is 1. The van der Waals surface area contributed by atoms with E-state index in [0.29, 0.717) is 17.4 Å². The van der Waals surface area contributed by atoms with Crippen molar-refractivity contribution in [3.05, 3.63) is 34.1 Å². The van der Waals surface area contributed by atoms with Crippen LogP contribution in [0.4, 0.5) is 22.4 Å². The molecule has 0 aliphatic carbocycles. The summed E-state index contributed by atoms with van der Waals surface area (Å²) in [4.78, 5) is 23.9. The summed E-state index contributed by atoms with van der Waals surface area (Å²) in [5.41, 5.74) is -2.63. The number of rotatable bonds is 2.